The van der Waals surface area contributed by atoms with Crippen LogP contribution in [0.2, 0.25) is 0 Å². The molecule has 0 aliphatic carbocycles. The second kappa shape index (κ2) is 20.5. The molecule has 0 aromatic carbocycles. The van der Waals surface area contributed by atoms with Crippen molar-refractivity contribution in [2.24, 2.45) is 0 Å². The molecule has 2 aliphatic heterocycles. The van der Waals surface area contributed by atoms with E-state index in [-0.39, 0.29) is 5.48 Å². The molecule has 2 rings (SSSR count). The van der Waals surface area contributed by atoms with Gasteiger partial charge < -0.3 is 24.4 Å². The van der Waals surface area contributed by atoms with E-state index in [0.29, 0.717) is 12.2 Å². The second-order valence-corrected chi connectivity index (χ2v) is 7.60. The summed E-state index contributed by atoms with van der Waals surface area (Å²) >= 11 is 0. The minimum atomic E-state index is 0. The minimum absolute atomic E-state index is 0. The van der Waals surface area contributed by atoms with E-state index in [1.807, 2.05) is 0 Å². The zero-order valence-corrected chi connectivity index (χ0v) is 18.0. The van der Waals surface area contributed by atoms with E-state index in [9.17, 15) is 0 Å². The molecular weight excluding hydrogens is 344 g/mol. The number of hydrogen-bond acceptors (Lipinski definition) is 4. The van der Waals surface area contributed by atoms with Gasteiger partial charge in [-0.1, -0.05) is 78.1 Å². The molecule has 0 saturated carbocycles. The summed E-state index contributed by atoms with van der Waals surface area (Å²) in [7, 11) is 0. The third-order valence-electron chi connectivity index (χ3n) is 4.70. The van der Waals surface area contributed by atoms with E-state index in [4.69, 9.17) is 18.9 Å². The minimum Gasteiger partial charge on any atom is -0.412 e. The zero-order chi connectivity index (χ0) is 18.7. The topological polar surface area (TPSA) is 75.0 Å². The van der Waals surface area contributed by atoms with Gasteiger partial charge in [-0.3, -0.25) is 0 Å². The van der Waals surface area contributed by atoms with Crippen LogP contribution in [-0.2, 0) is 18.9 Å². The maximum absolute atomic E-state index is 5.44. The molecule has 2 fully saturated rings. The lowest BCUT2D eigenvalue weighted by atomic mass is 10.1. The van der Waals surface area contributed by atoms with Gasteiger partial charge >= 0.3 is 0 Å². The fourth-order valence-corrected chi connectivity index (χ4v) is 2.73. The Balaban J connectivity index is 0.000000483. The van der Waals surface area contributed by atoms with Gasteiger partial charge in [-0.25, -0.2) is 0 Å². The van der Waals surface area contributed by atoms with E-state index in [0.717, 1.165) is 39.6 Å². The third-order valence-corrected chi connectivity index (χ3v) is 4.70. The Morgan fingerprint density at radius 2 is 0.926 bits per heavy atom. The van der Waals surface area contributed by atoms with Gasteiger partial charge in [0, 0.05) is 13.2 Å². The normalized spacial score (nSPS) is 19.8. The Labute approximate surface area is 167 Å². The summed E-state index contributed by atoms with van der Waals surface area (Å²) < 4.78 is 21.0. The van der Waals surface area contributed by atoms with Gasteiger partial charge in [0.1, 0.15) is 12.2 Å². The van der Waals surface area contributed by atoms with Gasteiger partial charge in [0.05, 0.1) is 26.4 Å². The molecular formula is C22H46O5. The molecule has 5 nitrogen and oxygen atoms in total. The first-order valence-electron chi connectivity index (χ1n) is 11.3. The van der Waals surface area contributed by atoms with Crippen LogP contribution in [0, 0.1) is 0 Å². The highest BCUT2D eigenvalue weighted by Gasteiger charge is 2.22. The second-order valence-electron chi connectivity index (χ2n) is 7.60. The maximum Gasteiger partial charge on any atom is 0.104 e. The Hall–Kier alpha value is -0.200. The van der Waals surface area contributed by atoms with Gasteiger partial charge in [-0.05, 0) is 12.8 Å². The SMILES string of the molecule is CCCCCCCCOCC1CO1.CCCCCCCCOCC1CO1.O. The number of ether oxygens (including phenoxy) is 4. The van der Waals surface area contributed by atoms with Crippen molar-refractivity contribution in [2.75, 3.05) is 39.6 Å². The van der Waals surface area contributed by atoms with Crippen molar-refractivity contribution in [3.63, 3.8) is 0 Å². The Bertz CT molecular complexity index is 252. The van der Waals surface area contributed by atoms with Gasteiger partial charge in [0.15, 0.2) is 0 Å². The quantitative estimate of drug-likeness (QED) is 0.251. The Morgan fingerprint density at radius 1 is 0.593 bits per heavy atom. The van der Waals surface area contributed by atoms with Crippen molar-refractivity contribution in [3.8, 4) is 0 Å². The molecule has 2 unspecified atom stereocenters. The summed E-state index contributed by atoms with van der Waals surface area (Å²) in [5.41, 5.74) is 0. The van der Waals surface area contributed by atoms with Crippen LogP contribution in [0.15, 0.2) is 0 Å². The average molecular weight is 391 g/mol. The summed E-state index contributed by atoms with van der Waals surface area (Å²) in [6.45, 7) is 9.80. The molecule has 2 heterocycles. The first-order chi connectivity index (χ1) is 12.9. The molecule has 2 atom stereocenters. The van der Waals surface area contributed by atoms with Gasteiger partial charge in [0.2, 0.25) is 0 Å². The van der Waals surface area contributed by atoms with Crippen molar-refractivity contribution in [1.82, 2.24) is 0 Å². The summed E-state index contributed by atoms with van der Waals surface area (Å²) in [6, 6.07) is 0. The van der Waals surface area contributed by atoms with Crippen LogP contribution in [0.3, 0.4) is 0 Å². The number of rotatable bonds is 18. The average Bonchev–Trinajstić information content (AvgIpc) is 3.55. The van der Waals surface area contributed by atoms with Crippen LogP contribution >= 0.6 is 0 Å². The molecule has 0 amide bonds. The lowest BCUT2D eigenvalue weighted by Gasteiger charge is -2.01. The molecule has 2 saturated heterocycles. The van der Waals surface area contributed by atoms with Crippen molar-refractivity contribution in [1.29, 1.82) is 0 Å². The first-order valence-corrected chi connectivity index (χ1v) is 11.3. The van der Waals surface area contributed by atoms with Crippen molar-refractivity contribution < 1.29 is 24.4 Å². The molecule has 0 aromatic heterocycles. The van der Waals surface area contributed by atoms with E-state index in [1.165, 1.54) is 77.0 Å². The highest BCUT2D eigenvalue weighted by Crippen LogP contribution is 2.10. The first kappa shape index (κ1) is 26.8. The van der Waals surface area contributed by atoms with Crippen LogP contribution in [0.4, 0.5) is 0 Å². The lowest BCUT2D eigenvalue weighted by Crippen LogP contribution is -2.02. The smallest absolute Gasteiger partial charge is 0.104 e. The summed E-state index contributed by atoms with van der Waals surface area (Å²) in [6.07, 6.45) is 16.9. The zero-order valence-electron chi connectivity index (χ0n) is 18.0. The standard InChI is InChI=1S/2C11H22O2.H2O/c2*1-2-3-4-5-6-7-8-12-9-11-10-13-11;/h2*11H,2-10H2,1H3;1H2. The fourth-order valence-electron chi connectivity index (χ4n) is 2.73. The number of hydrogen-bond donors (Lipinski definition) is 0. The van der Waals surface area contributed by atoms with Gasteiger partial charge in [-0.15, -0.1) is 0 Å². The summed E-state index contributed by atoms with van der Waals surface area (Å²) in [4.78, 5) is 0. The van der Waals surface area contributed by atoms with Crippen molar-refractivity contribution >= 4 is 0 Å². The van der Waals surface area contributed by atoms with Crippen molar-refractivity contribution in [3.05, 3.63) is 0 Å². The monoisotopic (exact) mass is 390 g/mol. The number of epoxide rings is 2. The summed E-state index contributed by atoms with van der Waals surface area (Å²) in [5, 5.41) is 0. The van der Waals surface area contributed by atoms with Gasteiger partial charge in [0.25, 0.3) is 0 Å². The Morgan fingerprint density at radius 3 is 1.26 bits per heavy atom. The predicted molar refractivity (Wildman–Crippen MR) is 111 cm³/mol. The molecule has 0 bridgehead atoms. The highest BCUT2D eigenvalue weighted by atomic mass is 16.6. The van der Waals surface area contributed by atoms with Crippen LogP contribution < -0.4 is 0 Å². The maximum atomic E-state index is 5.44. The van der Waals surface area contributed by atoms with Gasteiger partial charge in [-0.2, -0.15) is 0 Å². The molecule has 0 aromatic rings. The van der Waals surface area contributed by atoms with E-state index >= 15 is 0 Å². The molecule has 5 heteroatoms. The van der Waals surface area contributed by atoms with Crippen LogP contribution in [-0.4, -0.2) is 57.3 Å². The molecule has 0 radical (unpaired) electrons. The summed E-state index contributed by atoms with van der Waals surface area (Å²) in [5.74, 6) is 0. The highest BCUT2D eigenvalue weighted by molar-refractivity contribution is 4.67. The molecule has 164 valence electrons. The Kier molecular flexibility index (Phi) is 20.4. The fraction of sp³-hybridized carbons (Fsp3) is 1.00. The van der Waals surface area contributed by atoms with Crippen LogP contribution in [0.1, 0.15) is 90.9 Å². The third kappa shape index (κ3) is 22.0. The number of unbranched alkanes of at least 4 members (excludes halogenated alkanes) is 10. The predicted octanol–water partition coefficient (Wildman–Crippen LogP) is 4.70. The van der Waals surface area contributed by atoms with Crippen molar-refractivity contribution in [2.45, 2.75) is 103 Å². The molecule has 27 heavy (non-hydrogen) atoms. The van der Waals surface area contributed by atoms with Crippen LogP contribution in [0.25, 0.3) is 0 Å². The molecule has 2 N–H and O–H groups in total. The molecule has 0 spiro atoms. The van der Waals surface area contributed by atoms with E-state index in [1.54, 1.807) is 0 Å². The van der Waals surface area contributed by atoms with Crippen LogP contribution in [0.5, 0.6) is 0 Å². The molecule has 2 aliphatic rings. The van der Waals surface area contributed by atoms with E-state index in [2.05, 4.69) is 13.8 Å². The van der Waals surface area contributed by atoms with E-state index < -0.39 is 0 Å². The largest absolute Gasteiger partial charge is 0.412 e. The lowest BCUT2D eigenvalue weighted by molar-refractivity contribution is 0.113.